The number of carbonyl (C=O) groups is 1. The van der Waals surface area contributed by atoms with E-state index in [1.54, 1.807) is 0 Å². The monoisotopic (exact) mass is 286 g/mol. The molecule has 1 amide bonds. The van der Waals surface area contributed by atoms with Crippen molar-refractivity contribution >= 4 is 17.9 Å². The van der Waals surface area contributed by atoms with Crippen LogP contribution in [0.3, 0.4) is 0 Å². The molecule has 0 aromatic heterocycles. The smallest absolute Gasteiger partial charge is 0.410 e. The predicted octanol–water partition coefficient (Wildman–Crippen LogP) is 2.34. The van der Waals surface area contributed by atoms with E-state index in [0.717, 1.165) is 26.1 Å². The molecule has 0 aromatic rings. The minimum absolute atomic E-state index is 0.161. The third-order valence-corrected chi connectivity index (χ3v) is 4.72. The van der Waals surface area contributed by atoms with Crippen molar-refractivity contribution in [1.82, 2.24) is 10.2 Å². The maximum atomic E-state index is 11.9. The highest BCUT2D eigenvalue weighted by molar-refractivity contribution is 7.99. The summed E-state index contributed by atoms with van der Waals surface area (Å²) in [6.07, 6.45) is 2.21. The summed E-state index contributed by atoms with van der Waals surface area (Å²) in [5.74, 6) is 3.10. The second kappa shape index (κ2) is 6.35. The van der Waals surface area contributed by atoms with Gasteiger partial charge in [-0.05, 0) is 45.3 Å². The number of thioether (sulfide) groups is 1. The van der Waals surface area contributed by atoms with Gasteiger partial charge in [-0.15, -0.1) is 0 Å². The molecule has 0 aromatic carbocycles. The minimum atomic E-state index is -0.394. The molecule has 2 rings (SSSR count). The van der Waals surface area contributed by atoms with Crippen LogP contribution in [0.1, 0.15) is 33.6 Å². The lowest BCUT2D eigenvalue weighted by atomic mass is 10.1. The number of amides is 1. The largest absolute Gasteiger partial charge is 0.444 e. The van der Waals surface area contributed by atoms with E-state index in [9.17, 15) is 4.79 Å². The van der Waals surface area contributed by atoms with Gasteiger partial charge in [0, 0.05) is 31.4 Å². The third-order valence-electron chi connectivity index (χ3n) is 3.56. The highest BCUT2D eigenvalue weighted by atomic mass is 32.2. The van der Waals surface area contributed by atoms with E-state index in [1.165, 1.54) is 17.9 Å². The van der Waals surface area contributed by atoms with Crippen LogP contribution in [-0.2, 0) is 4.74 Å². The molecule has 1 N–H and O–H groups in total. The first-order chi connectivity index (χ1) is 8.94. The van der Waals surface area contributed by atoms with E-state index in [-0.39, 0.29) is 6.09 Å². The molecule has 0 spiro atoms. The maximum Gasteiger partial charge on any atom is 0.410 e. The van der Waals surface area contributed by atoms with Crippen LogP contribution in [0.15, 0.2) is 0 Å². The lowest BCUT2D eigenvalue weighted by molar-refractivity contribution is 0.0288. The number of nitrogens with one attached hydrogen (secondary N) is 1. The van der Waals surface area contributed by atoms with Crippen molar-refractivity contribution in [2.45, 2.75) is 45.3 Å². The molecule has 0 bridgehead atoms. The Kier molecular flexibility index (Phi) is 5.01. The van der Waals surface area contributed by atoms with Gasteiger partial charge in [-0.3, -0.25) is 0 Å². The first-order valence-corrected chi connectivity index (χ1v) is 8.38. The number of ether oxygens (including phenoxy) is 1. The van der Waals surface area contributed by atoms with E-state index in [0.29, 0.717) is 12.0 Å². The van der Waals surface area contributed by atoms with E-state index in [4.69, 9.17) is 4.74 Å². The van der Waals surface area contributed by atoms with Gasteiger partial charge in [0.25, 0.3) is 0 Å². The molecule has 2 heterocycles. The summed E-state index contributed by atoms with van der Waals surface area (Å²) in [6.45, 7) is 8.44. The van der Waals surface area contributed by atoms with Gasteiger partial charge in [0.2, 0.25) is 0 Å². The average molecular weight is 286 g/mol. The summed E-state index contributed by atoms with van der Waals surface area (Å²) in [5, 5.41) is 3.63. The Morgan fingerprint density at radius 1 is 1.42 bits per heavy atom. The molecular formula is C14H26N2O2S. The Morgan fingerprint density at radius 3 is 2.84 bits per heavy atom. The summed E-state index contributed by atoms with van der Waals surface area (Å²) < 4.78 is 5.41. The highest BCUT2D eigenvalue weighted by Gasteiger charge is 2.30. The van der Waals surface area contributed by atoms with Crippen molar-refractivity contribution in [1.29, 1.82) is 0 Å². The number of likely N-dealkylation sites (tertiary alicyclic amines) is 1. The van der Waals surface area contributed by atoms with Crippen LogP contribution in [0.5, 0.6) is 0 Å². The van der Waals surface area contributed by atoms with Gasteiger partial charge in [-0.1, -0.05) is 0 Å². The van der Waals surface area contributed by atoms with Gasteiger partial charge >= 0.3 is 6.09 Å². The summed E-state index contributed by atoms with van der Waals surface area (Å²) in [7, 11) is 0. The topological polar surface area (TPSA) is 41.6 Å². The van der Waals surface area contributed by atoms with Crippen LogP contribution in [0.4, 0.5) is 4.79 Å². The van der Waals surface area contributed by atoms with Crippen molar-refractivity contribution in [2.24, 2.45) is 5.92 Å². The normalized spacial score (nSPS) is 27.8. The van der Waals surface area contributed by atoms with Crippen molar-refractivity contribution < 1.29 is 9.53 Å². The van der Waals surface area contributed by atoms with Gasteiger partial charge in [-0.25, -0.2) is 4.79 Å². The number of hydrogen-bond acceptors (Lipinski definition) is 4. The molecular weight excluding hydrogens is 260 g/mol. The molecule has 2 atom stereocenters. The minimum Gasteiger partial charge on any atom is -0.444 e. The Hall–Kier alpha value is -0.420. The Morgan fingerprint density at radius 2 is 2.21 bits per heavy atom. The van der Waals surface area contributed by atoms with Crippen LogP contribution in [0, 0.1) is 5.92 Å². The van der Waals surface area contributed by atoms with E-state index in [1.807, 2.05) is 37.4 Å². The predicted molar refractivity (Wildman–Crippen MR) is 79.6 cm³/mol. The zero-order valence-electron chi connectivity index (χ0n) is 12.3. The fourth-order valence-electron chi connectivity index (χ4n) is 2.52. The van der Waals surface area contributed by atoms with Gasteiger partial charge in [0.15, 0.2) is 0 Å². The Bertz CT molecular complexity index is 311. The van der Waals surface area contributed by atoms with Gasteiger partial charge in [-0.2, -0.15) is 11.8 Å². The molecule has 0 aliphatic carbocycles. The van der Waals surface area contributed by atoms with E-state index >= 15 is 0 Å². The number of rotatable bonds is 3. The summed E-state index contributed by atoms with van der Waals surface area (Å²) >= 11 is 2.03. The molecule has 0 radical (unpaired) electrons. The third kappa shape index (κ3) is 4.88. The molecule has 2 aliphatic heterocycles. The molecule has 19 heavy (non-hydrogen) atoms. The lowest BCUT2D eigenvalue weighted by Gasteiger charge is -2.24. The second-order valence-electron chi connectivity index (χ2n) is 6.55. The molecule has 2 fully saturated rings. The molecule has 2 aliphatic rings. The summed E-state index contributed by atoms with van der Waals surface area (Å²) in [4.78, 5) is 13.8. The van der Waals surface area contributed by atoms with E-state index in [2.05, 4.69) is 5.32 Å². The van der Waals surface area contributed by atoms with Crippen molar-refractivity contribution in [3.63, 3.8) is 0 Å². The Balaban J connectivity index is 1.68. The van der Waals surface area contributed by atoms with Crippen molar-refractivity contribution in [3.8, 4) is 0 Å². The van der Waals surface area contributed by atoms with Crippen LogP contribution < -0.4 is 5.32 Å². The van der Waals surface area contributed by atoms with Crippen LogP contribution in [-0.4, -0.2) is 53.8 Å². The van der Waals surface area contributed by atoms with Crippen LogP contribution in [0.25, 0.3) is 0 Å². The standard InChI is InChI=1S/C14H26N2O2S/c1-14(2,3)18-13(17)16-6-4-11(9-16)8-15-12-5-7-19-10-12/h11-12,15H,4-10H2,1-3H3. The lowest BCUT2D eigenvalue weighted by Crippen LogP contribution is -2.37. The number of hydrogen-bond donors (Lipinski definition) is 1. The summed E-state index contributed by atoms with van der Waals surface area (Å²) in [6, 6.07) is 0.681. The van der Waals surface area contributed by atoms with Gasteiger partial charge in [0.05, 0.1) is 0 Å². The van der Waals surface area contributed by atoms with Crippen molar-refractivity contribution in [3.05, 3.63) is 0 Å². The second-order valence-corrected chi connectivity index (χ2v) is 7.70. The molecule has 4 nitrogen and oxygen atoms in total. The number of carbonyl (C=O) groups excluding carboxylic acids is 1. The zero-order valence-corrected chi connectivity index (χ0v) is 13.1. The molecule has 5 heteroatoms. The summed E-state index contributed by atoms with van der Waals surface area (Å²) in [5.41, 5.74) is -0.394. The van der Waals surface area contributed by atoms with Crippen molar-refractivity contribution in [2.75, 3.05) is 31.1 Å². The Labute approximate surface area is 120 Å². The fourth-order valence-corrected chi connectivity index (χ4v) is 3.71. The average Bonchev–Trinajstić information content (AvgIpc) is 2.96. The first kappa shape index (κ1) is 15.0. The quantitative estimate of drug-likeness (QED) is 0.864. The number of nitrogens with zero attached hydrogens (tertiary/aromatic N) is 1. The first-order valence-electron chi connectivity index (χ1n) is 7.23. The maximum absolute atomic E-state index is 11.9. The molecule has 2 saturated heterocycles. The van der Waals surface area contributed by atoms with E-state index < -0.39 is 5.60 Å². The van der Waals surface area contributed by atoms with Crippen LogP contribution >= 0.6 is 11.8 Å². The van der Waals surface area contributed by atoms with Gasteiger partial charge < -0.3 is 15.0 Å². The molecule has 2 unspecified atom stereocenters. The zero-order chi connectivity index (χ0) is 13.9. The molecule has 110 valence electrons. The van der Waals surface area contributed by atoms with Gasteiger partial charge in [0.1, 0.15) is 5.60 Å². The molecule has 0 saturated carbocycles. The highest BCUT2D eigenvalue weighted by Crippen LogP contribution is 2.21. The van der Waals surface area contributed by atoms with Crippen LogP contribution in [0.2, 0.25) is 0 Å². The SMILES string of the molecule is CC(C)(C)OC(=O)N1CCC(CNC2CCSC2)C1. The fraction of sp³-hybridized carbons (Fsp3) is 0.929.